The highest BCUT2D eigenvalue weighted by Crippen LogP contribution is 2.30. The van der Waals surface area contributed by atoms with Gasteiger partial charge in [-0.15, -0.1) is 0 Å². The van der Waals surface area contributed by atoms with Crippen molar-refractivity contribution in [2.24, 2.45) is 17.1 Å². The van der Waals surface area contributed by atoms with Crippen molar-refractivity contribution in [3.63, 3.8) is 0 Å². The van der Waals surface area contributed by atoms with Gasteiger partial charge in [0.1, 0.15) is 0 Å². The van der Waals surface area contributed by atoms with Crippen LogP contribution in [0.3, 0.4) is 0 Å². The fourth-order valence-electron chi connectivity index (χ4n) is 2.19. The van der Waals surface area contributed by atoms with Crippen LogP contribution in [0.2, 0.25) is 0 Å². The van der Waals surface area contributed by atoms with Crippen LogP contribution in [-0.4, -0.2) is 17.1 Å². The molecule has 14 heavy (non-hydrogen) atoms. The molecule has 3 N–H and O–H groups in total. The van der Waals surface area contributed by atoms with Gasteiger partial charge >= 0.3 is 5.97 Å². The molecule has 0 aromatic carbocycles. The Morgan fingerprint density at radius 1 is 1.36 bits per heavy atom. The zero-order valence-electron chi connectivity index (χ0n) is 9.71. The summed E-state index contributed by atoms with van der Waals surface area (Å²) in [6.45, 7) is 8.64. The largest absolute Gasteiger partial charge is 0.481 e. The average Bonchev–Trinajstić information content (AvgIpc) is 1.77. The first-order valence-electron chi connectivity index (χ1n) is 5.20. The maximum Gasteiger partial charge on any atom is 0.304 e. The Kier molecular flexibility index (Phi) is 5.13. The van der Waals surface area contributed by atoms with Crippen molar-refractivity contribution in [3.05, 3.63) is 0 Å². The van der Waals surface area contributed by atoms with E-state index < -0.39 is 5.97 Å². The molecule has 0 rings (SSSR count). The standard InChI is InChI=1S/C11H23NO2/c1-8(2)6-11(3,4)7-9(12)5-10(13)14/h8-9H,5-7,12H2,1-4H3,(H,13,14)/t9-/m1/s1. The quantitative estimate of drug-likeness (QED) is 0.692. The molecule has 0 unspecified atom stereocenters. The highest BCUT2D eigenvalue weighted by atomic mass is 16.4. The van der Waals surface area contributed by atoms with Gasteiger partial charge in [-0.1, -0.05) is 27.7 Å². The first-order chi connectivity index (χ1) is 6.23. The van der Waals surface area contributed by atoms with Crippen molar-refractivity contribution < 1.29 is 9.90 Å². The minimum atomic E-state index is -0.808. The maximum absolute atomic E-state index is 10.4. The number of carbonyl (C=O) groups is 1. The van der Waals surface area contributed by atoms with E-state index in [0.717, 1.165) is 12.8 Å². The minimum absolute atomic E-state index is 0.0710. The fraction of sp³-hybridized carbons (Fsp3) is 0.909. The molecule has 0 aromatic heterocycles. The molecule has 0 heterocycles. The predicted molar refractivity (Wildman–Crippen MR) is 58.1 cm³/mol. The highest BCUT2D eigenvalue weighted by Gasteiger charge is 2.23. The molecule has 0 aromatic rings. The van der Waals surface area contributed by atoms with Gasteiger partial charge in [-0.2, -0.15) is 0 Å². The van der Waals surface area contributed by atoms with E-state index in [2.05, 4.69) is 27.7 Å². The molecule has 3 heteroatoms. The number of nitrogens with two attached hydrogens (primary N) is 1. The van der Waals surface area contributed by atoms with Crippen molar-refractivity contribution in [2.75, 3.05) is 0 Å². The molecule has 0 spiro atoms. The smallest absolute Gasteiger partial charge is 0.304 e. The zero-order chi connectivity index (χ0) is 11.4. The summed E-state index contributed by atoms with van der Waals surface area (Å²) < 4.78 is 0. The van der Waals surface area contributed by atoms with Gasteiger partial charge < -0.3 is 10.8 Å². The number of rotatable bonds is 6. The van der Waals surface area contributed by atoms with Gasteiger partial charge in [0.25, 0.3) is 0 Å². The fourth-order valence-corrected chi connectivity index (χ4v) is 2.19. The summed E-state index contributed by atoms with van der Waals surface area (Å²) >= 11 is 0. The molecule has 0 saturated heterocycles. The van der Waals surface area contributed by atoms with Gasteiger partial charge in [0.05, 0.1) is 6.42 Å². The third-order valence-corrected chi connectivity index (χ3v) is 2.21. The Morgan fingerprint density at radius 2 is 1.86 bits per heavy atom. The SMILES string of the molecule is CC(C)CC(C)(C)C[C@H](N)CC(=O)O. The minimum Gasteiger partial charge on any atom is -0.481 e. The van der Waals surface area contributed by atoms with E-state index in [9.17, 15) is 4.79 Å². The zero-order valence-corrected chi connectivity index (χ0v) is 9.71. The number of hydrogen-bond acceptors (Lipinski definition) is 2. The molecule has 0 saturated carbocycles. The Morgan fingerprint density at radius 3 is 2.21 bits per heavy atom. The van der Waals surface area contributed by atoms with Gasteiger partial charge in [-0.3, -0.25) is 4.79 Å². The summed E-state index contributed by atoms with van der Waals surface area (Å²) in [5.74, 6) is -0.181. The molecule has 0 amide bonds. The lowest BCUT2D eigenvalue weighted by Crippen LogP contribution is -2.30. The van der Waals surface area contributed by atoms with E-state index >= 15 is 0 Å². The van der Waals surface area contributed by atoms with Crippen LogP contribution in [0.15, 0.2) is 0 Å². The molecule has 84 valence electrons. The lowest BCUT2D eigenvalue weighted by molar-refractivity contribution is -0.137. The van der Waals surface area contributed by atoms with E-state index in [0.29, 0.717) is 5.92 Å². The monoisotopic (exact) mass is 201 g/mol. The number of hydrogen-bond donors (Lipinski definition) is 2. The third-order valence-electron chi connectivity index (χ3n) is 2.21. The highest BCUT2D eigenvalue weighted by molar-refractivity contribution is 5.67. The van der Waals surface area contributed by atoms with Crippen LogP contribution in [-0.2, 0) is 4.79 Å². The summed E-state index contributed by atoms with van der Waals surface area (Å²) in [5, 5.41) is 8.58. The normalized spacial score (nSPS) is 14.4. The molecule has 0 aliphatic rings. The summed E-state index contributed by atoms with van der Waals surface area (Å²) in [5.41, 5.74) is 5.90. The summed E-state index contributed by atoms with van der Waals surface area (Å²) in [6, 6.07) is -0.221. The number of carboxylic acids is 1. The second-order valence-corrected chi connectivity index (χ2v) is 5.32. The molecule has 0 aliphatic heterocycles. The van der Waals surface area contributed by atoms with E-state index in [1.807, 2.05) is 0 Å². The van der Waals surface area contributed by atoms with Crippen LogP contribution >= 0.6 is 0 Å². The molecular formula is C11H23NO2. The van der Waals surface area contributed by atoms with Gasteiger partial charge in [0, 0.05) is 6.04 Å². The van der Waals surface area contributed by atoms with Crippen molar-refractivity contribution >= 4 is 5.97 Å². The molecule has 3 nitrogen and oxygen atoms in total. The third kappa shape index (κ3) is 6.89. The first-order valence-corrected chi connectivity index (χ1v) is 5.20. The Labute approximate surface area is 86.7 Å². The molecular weight excluding hydrogens is 178 g/mol. The predicted octanol–water partition coefficient (Wildman–Crippen LogP) is 2.25. The van der Waals surface area contributed by atoms with Crippen LogP contribution in [0.25, 0.3) is 0 Å². The molecule has 0 aliphatic carbocycles. The topological polar surface area (TPSA) is 63.3 Å². The average molecular weight is 201 g/mol. The summed E-state index contributed by atoms with van der Waals surface area (Å²) in [7, 11) is 0. The maximum atomic E-state index is 10.4. The number of aliphatic carboxylic acids is 1. The van der Waals surface area contributed by atoms with E-state index in [-0.39, 0.29) is 17.9 Å². The van der Waals surface area contributed by atoms with Crippen molar-refractivity contribution in [2.45, 2.75) is 53.0 Å². The van der Waals surface area contributed by atoms with E-state index in [1.54, 1.807) is 0 Å². The van der Waals surface area contributed by atoms with Crippen molar-refractivity contribution in [1.82, 2.24) is 0 Å². The molecule has 0 bridgehead atoms. The number of carboxylic acid groups (broad SMARTS) is 1. The molecule has 1 atom stereocenters. The lowest BCUT2D eigenvalue weighted by Gasteiger charge is -2.29. The summed E-state index contributed by atoms with van der Waals surface area (Å²) in [4.78, 5) is 10.4. The second-order valence-electron chi connectivity index (χ2n) is 5.32. The van der Waals surface area contributed by atoms with Gasteiger partial charge in [0.15, 0.2) is 0 Å². The lowest BCUT2D eigenvalue weighted by atomic mass is 9.78. The Hall–Kier alpha value is -0.570. The first kappa shape index (κ1) is 13.4. The van der Waals surface area contributed by atoms with Crippen LogP contribution < -0.4 is 5.73 Å². The van der Waals surface area contributed by atoms with Crippen molar-refractivity contribution in [1.29, 1.82) is 0 Å². The van der Waals surface area contributed by atoms with Gasteiger partial charge in [-0.05, 0) is 24.2 Å². The van der Waals surface area contributed by atoms with Crippen LogP contribution in [0.1, 0.15) is 47.0 Å². The Bertz CT molecular complexity index is 188. The second kappa shape index (κ2) is 5.35. The van der Waals surface area contributed by atoms with Crippen LogP contribution in [0, 0.1) is 11.3 Å². The van der Waals surface area contributed by atoms with E-state index in [4.69, 9.17) is 10.8 Å². The van der Waals surface area contributed by atoms with Crippen LogP contribution in [0.5, 0.6) is 0 Å². The Balaban J connectivity index is 4.00. The molecule has 0 radical (unpaired) electrons. The van der Waals surface area contributed by atoms with Crippen LogP contribution in [0.4, 0.5) is 0 Å². The summed E-state index contributed by atoms with van der Waals surface area (Å²) in [6.07, 6.45) is 1.93. The molecule has 0 fully saturated rings. The van der Waals surface area contributed by atoms with Crippen molar-refractivity contribution in [3.8, 4) is 0 Å². The van der Waals surface area contributed by atoms with Gasteiger partial charge in [-0.25, -0.2) is 0 Å². The van der Waals surface area contributed by atoms with E-state index in [1.165, 1.54) is 0 Å². The van der Waals surface area contributed by atoms with Gasteiger partial charge in [0.2, 0.25) is 0 Å².